The Hall–Kier alpha value is 0.687. The van der Waals surface area contributed by atoms with Gasteiger partial charge in [0.2, 0.25) is 0 Å². The van der Waals surface area contributed by atoms with E-state index < -0.39 is 6.00 Å². The maximum atomic E-state index is 5.80. The molecule has 0 bridgehead atoms. The number of halogens is 3. The van der Waals surface area contributed by atoms with E-state index in [2.05, 4.69) is 0 Å². The minimum atomic E-state index is -2.52. The third-order valence-corrected chi connectivity index (χ3v) is 6.78. The first-order valence-electron chi connectivity index (χ1n) is 12.3. The van der Waals surface area contributed by atoms with Crippen molar-refractivity contribution in [3.05, 3.63) is 0 Å². The second-order valence-electron chi connectivity index (χ2n) is 7.22. The molecule has 0 amide bonds. The monoisotopic (exact) mass is 602 g/mol. The first kappa shape index (κ1) is 36.7. The van der Waals surface area contributed by atoms with Crippen LogP contribution in [-0.2, 0) is 47.4 Å². The molecule has 0 unspecified atom stereocenters. The predicted molar refractivity (Wildman–Crippen MR) is 142 cm³/mol. The van der Waals surface area contributed by atoms with Crippen molar-refractivity contribution in [2.45, 2.75) is 12.5 Å². The molecule has 0 aliphatic heterocycles. The van der Waals surface area contributed by atoms with Gasteiger partial charge in [-0.3, -0.25) is 0 Å². The van der Waals surface area contributed by atoms with E-state index in [1.165, 1.54) is 0 Å². The molecule has 0 aromatic rings. The minimum absolute atomic E-state index is 0.511. The maximum absolute atomic E-state index is 5.80. The number of ether oxygens (including phenoxy) is 10. The molecular formula is C22H45Cl3O10Si. The summed E-state index contributed by atoms with van der Waals surface area (Å²) in [7, 11) is 1.64. The number of hydrogen-bond donors (Lipinski definition) is 0. The van der Waals surface area contributed by atoms with Gasteiger partial charge in [0, 0.05) is 13.7 Å². The molecule has 0 rings (SSSR count). The van der Waals surface area contributed by atoms with Gasteiger partial charge in [0.1, 0.15) is 0 Å². The SMILES string of the molecule is COCCOCCOCCOCCOCCOCCOCCOCCOCCOCCC[Si](Cl)(Cl)Cl. The fourth-order valence-electron chi connectivity index (χ4n) is 2.38. The van der Waals surface area contributed by atoms with Crippen molar-refractivity contribution >= 4 is 39.2 Å². The Morgan fingerprint density at radius 3 is 0.806 bits per heavy atom. The van der Waals surface area contributed by atoms with E-state index in [1.807, 2.05) is 0 Å². The summed E-state index contributed by atoms with van der Waals surface area (Å²) in [5.74, 6) is 0. The molecular weight excluding hydrogens is 559 g/mol. The Morgan fingerprint density at radius 2 is 0.583 bits per heavy atom. The van der Waals surface area contributed by atoms with Crippen LogP contribution in [0.3, 0.4) is 0 Å². The molecule has 0 aliphatic rings. The number of rotatable bonds is 31. The summed E-state index contributed by atoms with van der Waals surface area (Å²) in [4.78, 5) is 0. The molecule has 10 nitrogen and oxygen atoms in total. The smallest absolute Gasteiger partial charge is 0.341 e. The topological polar surface area (TPSA) is 92.3 Å². The summed E-state index contributed by atoms with van der Waals surface area (Å²) < 4.78 is 53.5. The molecule has 0 heterocycles. The van der Waals surface area contributed by atoms with E-state index in [9.17, 15) is 0 Å². The van der Waals surface area contributed by atoms with Crippen LogP contribution in [0.5, 0.6) is 0 Å². The Bertz CT molecular complexity index is 426. The molecule has 0 radical (unpaired) electrons. The molecule has 0 saturated carbocycles. The van der Waals surface area contributed by atoms with Crippen LogP contribution >= 0.6 is 33.2 Å². The highest BCUT2D eigenvalue weighted by molar-refractivity contribution is 7.64. The first-order chi connectivity index (χ1) is 17.6. The van der Waals surface area contributed by atoms with E-state index in [0.29, 0.717) is 132 Å². The first-order valence-corrected chi connectivity index (χ1v) is 17.6. The average Bonchev–Trinajstić information content (AvgIpc) is 2.84. The normalized spacial score (nSPS) is 12.0. The predicted octanol–water partition coefficient (Wildman–Crippen LogP) is 2.83. The Labute approximate surface area is 231 Å². The number of methoxy groups -OCH3 is 1. The second kappa shape index (κ2) is 30.2. The summed E-state index contributed by atoms with van der Waals surface area (Å²) in [5, 5.41) is 0. The Balaban J connectivity index is 3.03. The fraction of sp³-hybridized carbons (Fsp3) is 1.00. The van der Waals surface area contributed by atoms with Gasteiger partial charge in [-0.25, -0.2) is 0 Å². The van der Waals surface area contributed by atoms with Crippen LogP contribution in [0, 0.1) is 0 Å². The van der Waals surface area contributed by atoms with Crippen LogP contribution in [-0.4, -0.2) is 139 Å². The van der Waals surface area contributed by atoms with Crippen molar-refractivity contribution < 1.29 is 47.4 Å². The van der Waals surface area contributed by atoms with Crippen LogP contribution < -0.4 is 0 Å². The van der Waals surface area contributed by atoms with Crippen LogP contribution in [0.1, 0.15) is 6.42 Å². The van der Waals surface area contributed by atoms with Gasteiger partial charge in [0.05, 0.1) is 119 Å². The number of hydrogen-bond acceptors (Lipinski definition) is 10. The van der Waals surface area contributed by atoms with Crippen LogP contribution in [0.2, 0.25) is 6.04 Å². The molecule has 0 aromatic carbocycles. The lowest BCUT2D eigenvalue weighted by Gasteiger charge is -2.09. The van der Waals surface area contributed by atoms with E-state index in [0.717, 1.165) is 6.42 Å². The lowest BCUT2D eigenvalue weighted by atomic mass is 10.5. The second-order valence-corrected chi connectivity index (χ2v) is 16.5. The summed E-state index contributed by atoms with van der Waals surface area (Å²) in [6.45, 7) is 10.1. The van der Waals surface area contributed by atoms with Gasteiger partial charge < -0.3 is 47.4 Å². The Morgan fingerprint density at radius 1 is 0.361 bits per heavy atom. The standard InChI is InChI=1S/C22H45Cl3O10Si/c1-26-4-5-28-8-9-30-12-13-32-16-17-34-20-21-35-19-18-33-15-14-31-11-10-29-7-6-27-3-2-22-36(23,24)25/h2-22H2,1H3. The fourth-order valence-corrected chi connectivity index (χ4v) is 4.13. The molecule has 0 fully saturated rings. The summed E-state index contributed by atoms with van der Waals surface area (Å²) >= 11 is 17.4. The van der Waals surface area contributed by atoms with Crippen LogP contribution in [0.25, 0.3) is 0 Å². The van der Waals surface area contributed by atoms with Gasteiger partial charge in [-0.1, -0.05) is 0 Å². The third kappa shape index (κ3) is 34.7. The van der Waals surface area contributed by atoms with Gasteiger partial charge in [-0.2, -0.15) is 0 Å². The molecule has 0 aromatic heterocycles. The lowest BCUT2D eigenvalue weighted by molar-refractivity contribution is -0.0258. The van der Waals surface area contributed by atoms with Crippen LogP contribution in [0.4, 0.5) is 0 Å². The van der Waals surface area contributed by atoms with Gasteiger partial charge in [0.25, 0.3) is 0 Å². The molecule has 14 heteroatoms. The molecule has 0 N–H and O–H groups in total. The maximum Gasteiger partial charge on any atom is 0.341 e. The molecule has 0 saturated heterocycles. The molecule has 0 aliphatic carbocycles. The van der Waals surface area contributed by atoms with Crippen molar-refractivity contribution in [3.63, 3.8) is 0 Å². The van der Waals surface area contributed by atoms with E-state index >= 15 is 0 Å². The van der Waals surface area contributed by atoms with E-state index in [4.69, 9.17) is 80.6 Å². The average molecular weight is 604 g/mol. The summed E-state index contributed by atoms with van der Waals surface area (Å²) in [5.41, 5.74) is 0. The highest BCUT2D eigenvalue weighted by atomic mass is 35.8. The Kier molecular flexibility index (Phi) is 30.8. The van der Waals surface area contributed by atoms with E-state index in [1.54, 1.807) is 7.11 Å². The van der Waals surface area contributed by atoms with Gasteiger partial charge in [-0.15, -0.1) is 33.2 Å². The molecule has 0 atom stereocenters. The van der Waals surface area contributed by atoms with Crippen molar-refractivity contribution in [2.24, 2.45) is 0 Å². The zero-order valence-corrected chi connectivity index (χ0v) is 24.8. The van der Waals surface area contributed by atoms with E-state index in [-0.39, 0.29) is 0 Å². The summed E-state index contributed by atoms with van der Waals surface area (Å²) in [6, 6.07) is -1.92. The minimum Gasteiger partial charge on any atom is -0.382 e. The third-order valence-electron chi connectivity index (χ3n) is 4.16. The van der Waals surface area contributed by atoms with Gasteiger partial charge in [-0.05, 0) is 12.5 Å². The van der Waals surface area contributed by atoms with Gasteiger partial charge in [0.15, 0.2) is 0 Å². The molecule has 0 spiro atoms. The quantitative estimate of drug-likeness (QED) is 0.0669. The zero-order chi connectivity index (χ0) is 26.4. The zero-order valence-electron chi connectivity index (χ0n) is 21.6. The van der Waals surface area contributed by atoms with Crippen molar-refractivity contribution in [3.8, 4) is 0 Å². The lowest BCUT2D eigenvalue weighted by Crippen LogP contribution is -2.15. The van der Waals surface area contributed by atoms with Crippen LogP contribution in [0.15, 0.2) is 0 Å². The largest absolute Gasteiger partial charge is 0.382 e. The highest BCUT2D eigenvalue weighted by Crippen LogP contribution is 2.26. The highest BCUT2D eigenvalue weighted by Gasteiger charge is 2.23. The van der Waals surface area contributed by atoms with Crippen molar-refractivity contribution in [2.75, 3.05) is 133 Å². The van der Waals surface area contributed by atoms with Crippen molar-refractivity contribution in [1.29, 1.82) is 0 Å². The van der Waals surface area contributed by atoms with Gasteiger partial charge >= 0.3 is 6.00 Å². The van der Waals surface area contributed by atoms with Crippen molar-refractivity contribution in [1.82, 2.24) is 0 Å². The molecule has 36 heavy (non-hydrogen) atoms. The summed E-state index contributed by atoms with van der Waals surface area (Å²) in [6.07, 6.45) is 0.755. The molecule has 218 valence electrons.